The van der Waals surface area contributed by atoms with Gasteiger partial charge >= 0.3 is 0 Å². The molecule has 1 aliphatic heterocycles. The van der Waals surface area contributed by atoms with Gasteiger partial charge in [-0.25, -0.2) is 4.84 Å². The third-order valence-electron chi connectivity index (χ3n) is 3.99. The molecule has 24 heavy (non-hydrogen) atoms. The van der Waals surface area contributed by atoms with E-state index < -0.39 is 0 Å². The SMILES string of the molecule is CCN(CC)C(=O)c1ccc(Oc2ccc3c(c2)CON3O)cc1. The van der Waals surface area contributed by atoms with Crippen molar-refractivity contribution in [3.05, 3.63) is 53.6 Å². The van der Waals surface area contributed by atoms with Crippen molar-refractivity contribution in [2.24, 2.45) is 0 Å². The lowest BCUT2D eigenvalue weighted by molar-refractivity contribution is -0.0329. The van der Waals surface area contributed by atoms with E-state index in [0.717, 1.165) is 10.8 Å². The van der Waals surface area contributed by atoms with Crippen molar-refractivity contribution in [1.29, 1.82) is 0 Å². The highest BCUT2D eigenvalue weighted by Crippen LogP contribution is 2.32. The van der Waals surface area contributed by atoms with Crippen LogP contribution in [0, 0.1) is 0 Å². The van der Waals surface area contributed by atoms with Gasteiger partial charge in [0.2, 0.25) is 0 Å². The highest BCUT2D eigenvalue weighted by atomic mass is 16.9. The third-order valence-corrected chi connectivity index (χ3v) is 3.99. The molecule has 0 spiro atoms. The molecule has 0 fully saturated rings. The van der Waals surface area contributed by atoms with Crippen LogP contribution in [0.2, 0.25) is 0 Å². The van der Waals surface area contributed by atoms with Gasteiger partial charge in [-0.15, -0.1) is 5.23 Å². The van der Waals surface area contributed by atoms with Crippen molar-refractivity contribution in [3.63, 3.8) is 0 Å². The fourth-order valence-corrected chi connectivity index (χ4v) is 2.62. The lowest BCUT2D eigenvalue weighted by Gasteiger charge is -2.18. The fourth-order valence-electron chi connectivity index (χ4n) is 2.62. The van der Waals surface area contributed by atoms with Crippen LogP contribution < -0.4 is 9.96 Å². The van der Waals surface area contributed by atoms with Gasteiger partial charge in [-0.05, 0) is 56.3 Å². The number of hydrogen-bond donors (Lipinski definition) is 1. The van der Waals surface area contributed by atoms with E-state index in [1.54, 1.807) is 41.3 Å². The summed E-state index contributed by atoms with van der Waals surface area (Å²) in [5.74, 6) is 1.31. The third kappa shape index (κ3) is 3.20. The lowest BCUT2D eigenvalue weighted by atomic mass is 10.2. The second-order valence-electron chi connectivity index (χ2n) is 5.44. The molecular weight excluding hydrogens is 308 g/mol. The smallest absolute Gasteiger partial charge is 0.253 e. The van der Waals surface area contributed by atoms with E-state index >= 15 is 0 Å². The number of rotatable bonds is 5. The summed E-state index contributed by atoms with van der Waals surface area (Å²) in [6.45, 7) is 5.60. The summed E-state index contributed by atoms with van der Waals surface area (Å²) in [5, 5.41) is 10.2. The van der Waals surface area contributed by atoms with E-state index in [1.165, 1.54) is 0 Å². The van der Waals surface area contributed by atoms with E-state index in [9.17, 15) is 10.0 Å². The van der Waals surface area contributed by atoms with Crippen LogP contribution in [0.5, 0.6) is 11.5 Å². The molecule has 2 aromatic carbocycles. The van der Waals surface area contributed by atoms with Gasteiger partial charge in [0.25, 0.3) is 5.91 Å². The van der Waals surface area contributed by atoms with E-state index in [0.29, 0.717) is 42.4 Å². The fraction of sp³-hybridized carbons (Fsp3) is 0.278. The van der Waals surface area contributed by atoms with E-state index in [2.05, 4.69) is 0 Å². The molecule has 0 aliphatic carbocycles. The number of carbonyl (C=O) groups excluding carboxylic acids is 1. The Morgan fingerprint density at radius 3 is 2.50 bits per heavy atom. The van der Waals surface area contributed by atoms with Crippen molar-refractivity contribution < 1.29 is 19.6 Å². The molecule has 0 atom stereocenters. The van der Waals surface area contributed by atoms with Crippen LogP contribution in [0.15, 0.2) is 42.5 Å². The molecule has 1 amide bonds. The topological polar surface area (TPSA) is 62.2 Å². The largest absolute Gasteiger partial charge is 0.457 e. The molecule has 0 aromatic heterocycles. The number of carbonyl (C=O) groups is 1. The zero-order valence-corrected chi connectivity index (χ0v) is 13.7. The standard InChI is InChI=1S/C18H20N2O4/c1-3-19(4-2)18(21)13-5-7-15(8-6-13)24-16-9-10-17-14(11-16)12-23-20(17)22/h5-11,22H,3-4,12H2,1-2H3. The molecule has 126 valence electrons. The maximum atomic E-state index is 12.3. The average Bonchev–Trinajstić information content (AvgIpc) is 2.97. The zero-order valence-electron chi connectivity index (χ0n) is 13.7. The van der Waals surface area contributed by atoms with Gasteiger partial charge in [0.15, 0.2) is 0 Å². The first-order chi connectivity index (χ1) is 11.6. The van der Waals surface area contributed by atoms with Gasteiger partial charge in [-0.1, -0.05) is 0 Å². The lowest BCUT2D eigenvalue weighted by Crippen LogP contribution is -2.30. The molecule has 0 unspecified atom stereocenters. The van der Waals surface area contributed by atoms with Crippen molar-refractivity contribution in [2.45, 2.75) is 20.5 Å². The molecule has 0 saturated carbocycles. The molecular formula is C18H20N2O4. The predicted molar refractivity (Wildman–Crippen MR) is 89.3 cm³/mol. The van der Waals surface area contributed by atoms with E-state index in [4.69, 9.17) is 9.57 Å². The first kappa shape index (κ1) is 16.3. The Morgan fingerprint density at radius 2 is 1.83 bits per heavy atom. The summed E-state index contributed by atoms with van der Waals surface area (Å²) in [6, 6.07) is 12.4. The molecule has 1 N–H and O–H groups in total. The normalized spacial score (nSPS) is 12.9. The van der Waals surface area contributed by atoms with Crippen LogP contribution in [0.1, 0.15) is 29.8 Å². The highest BCUT2D eigenvalue weighted by molar-refractivity contribution is 5.94. The average molecular weight is 328 g/mol. The molecule has 0 radical (unpaired) electrons. The van der Waals surface area contributed by atoms with Crippen LogP contribution in [0.3, 0.4) is 0 Å². The molecule has 1 aliphatic rings. The minimum Gasteiger partial charge on any atom is -0.457 e. The van der Waals surface area contributed by atoms with Crippen molar-refractivity contribution in [3.8, 4) is 11.5 Å². The number of fused-ring (bicyclic) bond motifs is 1. The summed E-state index contributed by atoms with van der Waals surface area (Å²) in [4.78, 5) is 19.1. The Bertz CT molecular complexity index is 726. The highest BCUT2D eigenvalue weighted by Gasteiger charge is 2.19. The van der Waals surface area contributed by atoms with E-state index in [1.807, 2.05) is 19.9 Å². The van der Waals surface area contributed by atoms with Gasteiger partial charge in [-0.2, -0.15) is 0 Å². The molecule has 0 saturated heterocycles. The monoisotopic (exact) mass is 328 g/mol. The maximum Gasteiger partial charge on any atom is 0.253 e. The number of nitrogens with zero attached hydrogens (tertiary/aromatic N) is 2. The van der Waals surface area contributed by atoms with Crippen LogP contribution in [0.4, 0.5) is 5.69 Å². The van der Waals surface area contributed by atoms with Gasteiger partial charge in [-0.3, -0.25) is 10.0 Å². The molecule has 6 nitrogen and oxygen atoms in total. The molecule has 3 rings (SSSR count). The summed E-state index contributed by atoms with van der Waals surface area (Å²) in [6.07, 6.45) is 0. The maximum absolute atomic E-state index is 12.3. The Kier molecular flexibility index (Phi) is 4.69. The Hall–Kier alpha value is -2.57. The Morgan fingerprint density at radius 1 is 1.17 bits per heavy atom. The summed E-state index contributed by atoms with van der Waals surface area (Å²) < 4.78 is 5.81. The van der Waals surface area contributed by atoms with Crippen LogP contribution in [-0.4, -0.2) is 29.1 Å². The van der Waals surface area contributed by atoms with Gasteiger partial charge in [0.1, 0.15) is 23.8 Å². The second kappa shape index (κ2) is 6.90. The molecule has 6 heteroatoms. The summed E-state index contributed by atoms with van der Waals surface area (Å²) in [7, 11) is 0. The summed E-state index contributed by atoms with van der Waals surface area (Å²) in [5.41, 5.74) is 2.11. The van der Waals surface area contributed by atoms with Crippen LogP contribution in [0.25, 0.3) is 0 Å². The predicted octanol–water partition coefficient (Wildman–Crippen LogP) is 3.60. The summed E-state index contributed by atoms with van der Waals surface area (Å²) >= 11 is 0. The number of amides is 1. The minimum absolute atomic E-state index is 0.0178. The van der Waals surface area contributed by atoms with Gasteiger partial charge in [0.05, 0.1) is 0 Å². The van der Waals surface area contributed by atoms with Crippen molar-refractivity contribution in [1.82, 2.24) is 4.90 Å². The van der Waals surface area contributed by atoms with Crippen molar-refractivity contribution >= 4 is 11.6 Å². The zero-order chi connectivity index (χ0) is 17.1. The second-order valence-corrected chi connectivity index (χ2v) is 5.44. The molecule has 0 bridgehead atoms. The number of ether oxygens (including phenoxy) is 1. The van der Waals surface area contributed by atoms with Crippen LogP contribution in [-0.2, 0) is 11.4 Å². The number of benzene rings is 2. The molecule has 1 heterocycles. The Balaban J connectivity index is 1.72. The van der Waals surface area contributed by atoms with E-state index in [-0.39, 0.29) is 5.91 Å². The first-order valence-electron chi connectivity index (χ1n) is 7.94. The Labute approximate surface area is 140 Å². The quantitative estimate of drug-likeness (QED) is 0.908. The number of anilines is 1. The molecule has 2 aromatic rings. The van der Waals surface area contributed by atoms with Crippen molar-refractivity contribution in [2.75, 3.05) is 18.3 Å². The minimum atomic E-state index is 0.0178. The number of hydrogen-bond acceptors (Lipinski definition) is 5. The van der Waals surface area contributed by atoms with Gasteiger partial charge in [0, 0.05) is 24.2 Å². The van der Waals surface area contributed by atoms with Gasteiger partial charge < -0.3 is 9.64 Å². The van der Waals surface area contributed by atoms with Crippen LogP contribution >= 0.6 is 0 Å². The first-order valence-corrected chi connectivity index (χ1v) is 7.94.